The molecule has 2 aliphatic rings. The number of ether oxygens (including phenoxy) is 1. The third-order valence-electron chi connectivity index (χ3n) is 4.25. The van der Waals surface area contributed by atoms with Crippen molar-refractivity contribution in [2.24, 2.45) is 5.92 Å². The van der Waals surface area contributed by atoms with E-state index in [4.69, 9.17) is 16.3 Å². The predicted octanol–water partition coefficient (Wildman–Crippen LogP) is 2.94. The Hall–Kier alpha value is -1.75. The molecule has 6 heteroatoms. The number of amides is 1. The highest BCUT2D eigenvalue weighted by molar-refractivity contribution is 6.31. The lowest BCUT2D eigenvalue weighted by atomic mass is 10.1. The first kappa shape index (κ1) is 16.1. The molecule has 1 unspecified atom stereocenters. The number of carbonyl (C=O) groups excluding carboxylic acids is 2. The standard InChI is InChI=1S/C17H21ClN2O3/c1-2-19-15-6-3-12(18)8-14(15)17(22)23-10-11-7-16(21)20(9-11)13-4-5-13/h3,6,8,11,13,19H,2,4-5,7,9-10H2,1H3. The van der Waals surface area contributed by atoms with E-state index in [-0.39, 0.29) is 18.4 Å². The maximum Gasteiger partial charge on any atom is 0.340 e. The fourth-order valence-electron chi connectivity index (χ4n) is 2.96. The zero-order valence-corrected chi connectivity index (χ0v) is 13.9. The molecule has 1 saturated heterocycles. The Bertz CT molecular complexity index is 616. The van der Waals surface area contributed by atoms with Crippen LogP contribution in [0.5, 0.6) is 0 Å². The van der Waals surface area contributed by atoms with Gasteiger partial charge in [0.05, 0.1) is 12.2 Å². The van der Waals surface area contributed by atoms with Gasteiger partial charge >= 0.3 is 5.97 Å². The molecule has 1 atom stereocenters. The molecule has 1 aliphatic carbocycles. The van der Waals surface area contributed by atoms with Crippen molar-refractivity contribution in [1.82, 2.24) is 4.90 Å². The Balaban J connectivity index is 1.59. The van der Waals surface area contributed by atoms with Gasteiger partial charge in [0, 0.05) is 42.2 Å². The van der Waals surface area contributed by atoms with E-state index in [1.54, 1.807) is 18.2 Å². The van der Waals surface area contributed by atoms with Gasteiger partial charge in [-0.3, -0.25) is 4.79 Å². The molecule has 1 N–H and O–H groups in total. The molecule has 2 fully saturated rings. The molecule has 0 spiro atoms. The van der Waals surface area contributed by atoms with Crippen LogP contribution in [-0.2, 0) is 9.53 Å². The Kier molecular flexibility index (Phi) is 4.76. The van der Waals surface area contributed by atoms with Crippen LogP contribution in [0.15, 0.2) is 18.2 Å². The molecule has 1 aliphatic heterocycles. The van der Waals surface area contributed by atoms with Crippen LogP contribution in [0.3, 0.4) is 0 Å². The normalized spacial score (nSPS) is 20.7. The molecule has 5 nitrogen and oxygen atoms in total. The minimum Gasteiger partial charge on any atom is -0.462 e. The maximum absolute atomic E-state index is 12.3. The summed E-state index contributed by atoms with van der Waals surface area (Å²) >= 11 is 5.98. The van der Waals surface area contributed by atoms with Crippen LogP contribution in [-0.4, -0.2) is 42.5 Å². The summed E-state index contributed by atoms with van der Waals surface area (Å²) in [6, 6.07) is 5.55. The highest BCUT2D eigenvalue weighted by atomic mass is 35.5. The van der Waals surface area contributed by atoms with E-state index in [0.717, 1.165) is 12.8 Å². The van der Waals surface area contributed by atoms with Gasteiger partial charge in [0.25, 0.3) is 0 Å². The van der Waals surface area contributed by atoms with Gasteiger partial charge in [-0.2, -0.15) is 0 Å². The summed E-state index contributed by atoms with van der Waals surface area (Å²) < 4.78 is 5.43. The zero-order chi connectivity index (χ0) is 16.4. The van der Waals surface area contributed by atoms with E-state index in [0.29, 0.717) is 41.8 Å². The first-order chi connectivity index (χ1) is 11.1. The van der Waals surface area contributed by atoms with Crippen LogP contribution < -0.4 is 5.32 Å². The molecule has 1 aromatic rings. The number of benzene rings is 1. The summed E-state index contributed by atoms with van der Waals surface area (Å²) in [7, 11) is 0. The van der Waals surface area contributed by atoms with E-state index in [1.165, 1.54) is 0 Å². The number of anilines is 1. The zero-order valence-electron chi connectivity index (χ0n) is 13.2. The predicted molar refractivity (Wildman–Crippen MR) is 88.7 cm³/mol. The van der Waals surface area contributed by atoms with Crippen LogP contribution in [0.25, 0.3) is 0 Å². The molecule has 1 heterocycles. The van der Waals surface area contributed by atoms with Crippen molar-refractivity contribution in [3.8, 4) is 0 Å². The minimum absolute atomic E-state index is 0.0915. The molecular formula is C17H21ClN2O3. The number of carbonyl (C=O) groups is 2. The van der Waals surface area contributed by atoms with Crippen LogP contribution >= 0.6 is 11.6 Å². The number of halogens is 1. The second-order valence-electron chi connectivity index (χ2n) is 6.17. The highest BCUT2D eigenvalue weighted by Crippen LogP contribution is 2.32. The van der Waals surface area contributed by atoms with Gasteiger partial charge in [-0.25, -0.2) is 4.79 Å². The van der Waals surface area contributed by atoms with Gasteiger partial charge in [-0.05, 0) is 38.0 Å². The van der Waals surface area contributed by atoms with Crippen molar-refractivity contribution < 1.29 is 14.3 Å². The topological polar surface area (TPSA) is 58.6 Å². The van der Waals surface area contributed by atoms with Crippen molar-refractivity contribution in [3.63, 3.8) is 0 Å². The van der Waals surface area contributed by atoms with Gasteiger partial charge in [0.15, 0.2) is 0 Å². The third kappa shape index (κ3) is 3.78. The summed E-state index contributed by atoms with van der Waals surface area (Å²) in [5.74, 6) is -0.126. The Morgan fingerprint density at radius 3 is 2.91 bits per heavy atom. The van der Waals surface area contributed by atoms with E-state index in [2.05, 4.69) is 5.32 Å². The molecule has 0 bridgehead atoms. The first-order valence-electron chi connectivity index (χ1n) is 8.08. The summed E-state index contributed by atoms with van der Waals surface area (Å²) in [5.41, 5.74) is 1.15. The van der Waals surface area contributed by atoms with Crippen molar-refractivity contribution in [1.29, 1.82) is 0 Å². The molecule has 1 aromatic carbocycles. The van der Waals surface area contributed by atoms with E-state index in [1.807, 2.05) is 11.8 Å². The van der Waals surface area contributed by atoms with E-state index >= 15 is 0 Å². The fraction of sp³-hybridized carbons (Fsp3) is 0.529. The smallest absolute Gasteiger partial charge is 0.340 e. The summed E-state index contributed by atoms with van der Waals surface area (Å²) in [5, 5.41) is 3.62. The van der Waals surface area contributed by atoms with Gasteiger partial charge in [-0.15, -0.1) is 0 Å². The van der Waals surface area contributed by atoms with Crippen LogP contribution in [0.2, 0.25) is 5.02 Å². The van der Waals surface area contributed by atoms with Crippen molar-refractivity contribution in [2.45, 2.75) is 32.2 Å². The van der Waals surface area contributed by atoms with Gasteiger partial charge in [-0.1, -0.05) is 11.6 Å². The number of hydrogen-bond donors (Lipinski definition) is 1. The lowest BCUT2D eigenvalue weighted by Crippen LogP contribution is -2.28. The average molecular weight is 337 g/mol. The molecule has 23 heavy (non-hydrogen) atoms. The Morgan fingerprint density at radius 2 is 2.22 bits per heavy atom. The molecule has 1 saturated carbocycles. The lowest BCUT2D eigenvalue weighted by molar-refractivity contribution is -0.128. The van der Waals surface area contributed by atoms with Crippen molar-refractivity contribution >= 4 is 29.2 Å². The molecular weight excluding hydrogens is 316 g/mol. The number of hydrogen-bond acceptors (Lipinski definition) is 4. The monoisotopic (exact) mass is 336 g/mol. The third-order valence-corrected chi connectivity index (χ3v) is 4.48. The second kappa shape index (κ2) is 6.79. The largest absolute Gasteiger partial charge is 0.462 e. The quantitative estimate of drug-likeness (QED) is 0.811. The van der Waals surface area contributed by atoms with E-state index in [9.17, 15) is 9.59 Å². The molecule has 124 valence electrons. The molecule has 1 amide bonds. The number of esters is 1. The van der Waals surface area contributed by atoms with Gasteiger partial charge in [0.1, 0.15) is 0 Å². The van der Waals surface area contributed by atoms with Gasteiger partial charge in [0.2, 0.25) is 5.91 Å². The molecule has 0 aromatic heterocycles. The molecule has 0 radical (unpaired) electrons. The van der Waals surface area contributed by atoms with Crippen molar-refractivity contribution in [3.05, 3.63) is 28.8 Å². The number of nitrogens with one attached hydrogen (secondary N) is 1. The summed E-state index contributed by atoms with van der Waals surface area (Å²) in [6.07, 6.45) is 2.68. The number of nitrogens with zero attached hydrogens (tertiary/aromatic N) is 1. The first-order valence-corrected chi connectivity index (χ1v) is 8.46. The number of rotatable bonds is 6. The van der Waals surface area contributed by atoms with Crippen LogP contribution in [0.1, 0.15) is 36.5 Å². The molecule has 3 rings (SSSR count). The van der Waals surface area contributed by atoms with E-state index < -0.39 is 5.97 Å². The Morgan fingerprint density at radius 1 is 1.43 bits per heavy atom. The van der Waals surface area contributed by atoms with Crippen LogP contribution in [0.4, 0.5) is 5.69 Å². The minimum atomic E-state index is -0.402. The Labute approximate surface area is 140 Å². The SMILES string of the molecule is CCNc1ccc(Cl)cc1C(=O)OCC1CC(=O)N(C2CC2)C1. The van der Waals surface area contributed by atoms with Crippen LogP contribution in [0, 0.1) is 5.92 Å². The maximum atomic E-state index is 12.3. The highest BCUT2D eigenvalue weighted by Gasteiger charge is 2.39. The lowest BCUT2D eigenvalue weighted by Gasteiger charge is -2.16. The number of likely N-dealkylation sites (tertiary alicyclic amines) is 1. The summed E-state index contributed by atoms with van der Waals surface area (Å²) in [6.45, 7) is 3.63. The average Bonchev–Trinajstić information content (AvgIpc) is 3.30. The van der Waals surface area contributed by atoms with Gasteiger partial charge < -0.3 is 15.0 Å². The fourth-order valence-corrected chi connectivity index (χ4v) is 3.13. The summed E-state index contributed by atoms with van der Waals surface area (Å²) in [4.78, 5) is 26.2. The second-order valence-corrected chi connectivity index (χ2v) is 6.60. The van der Waals surface area contributed by atoms with Crippen molar-refractivity contribution in [2.75, 3.05) is 25.0 Å².